The van der Waals surface area contributed by atoms with Gasteiger partial charge in [-0.15, -0.1) is 0 Å². The largest absolute Gasteiger partial charge is 0.506 e. The summed E-state index contributed by atoms with van der Waals surface area (Å²) in [6.07, 6.45) is 0. The number of phenolic OH excluding ortho intramolecular Hbond substituents is 1. The average Bonchev–Trinajstić information content (AvgIpc) is 2.75. The van der Waals surface area contributed by atoms with Crippen molar-refractivity contribution < 1.29 is 23.4 Å². The van der Waals surface area contributed by atoms with E-state index in [1.165, 1.54) is 13.2 Å². The number of halogens is 2. The zero-order chi connectivity index (χ0) is 21.5. The number of methoxy groups -OCH3 is 1. The Hall–Kier alpha value is -3.23. The SMILES string of the molecule is CN=C(NCc1ccc(OC)c(OC(F)F)c1)N1CCN(c2ccccc2O)CC1. The molecule has 0 amide bonds. The van der Waals surface area contributed by atoms with E-state index in [0.29, 0.717) is 6.54 Å². The first-order chi connectivity index (χ1) is 14.5. The Morgan fingerprint density at radius 2 is 1.87 bits per heavy atom. The summed E-state index contributed by atoms with van der Waals surface area (Å²) < 4.78 is 34.8. The number of hydrogen-bond donors (Lipinski definition) is 2. The van der Waals surface area contributed by atoms with Crippen LogP contribution in [0.3, 0.4) is 0 Å². The quantitative estimate of drug-likeness (QED) is 0.553. The van der Waals surface area contributed by atoms with Crippen LogP contribution in [0.2, 0.25) is 0 Å². The number of rotatable bonds is 6. The minimum atomic E-state index is -2.92. The third-order valence-electron chi connectivity index (χ3n) is 4.91. The van der Waals surface area contributed by atoms with Crippen molar-refractivity contribution in [2.24, 2.45) is 4.99 Å². The summed E-state index contributed by atoms with van der Waals surface area (Å²) in [6, 6.07) is 12.2. The fourth-order valence-corrected chi connectivity index (χ4v) is 3.42. The number of nitrogens with zero attached hydrogens (tertiary/aromatic N) is 3. The van der Waals surface area contributed by atoms with Gasteiger partial charge in [-0.2, -0.15) is 8.78 Å². The van der Waals surface area contributed by atoms with Gasteiger partial charge in [-0.1, -0.05) is 18.2 Å². The molecule has 1 saturated heterocycles. The number of anilines is 1. The van der Waals surface area contributed by atoms with Crippen LogP contribution in [0.4, 0.5) is 14.5 Å². The number of hydrogen-bond acceptors (Lipinski definition) is 5. The van der Waals surface area contributed by atoms with E-state index in [1.807, 2.05) is 12.1 Å². The number of alkyl halides is 2. The first-order valence-corrected chi connectivity index (χ1v) is 9.62. The molecule has 9 heteroatoms. The molecule has 0 bridgehead atoms. The Morgan fingerprint density at radius 3 is 2.50 bits per heavy atom. The van der Waals surface area contributed by atoms with Crippen molar-refractivity contribution in [3.05, 3.63) is 48.0 Å². The fourth-order valence-electron chi connectivity index (χ4n) is 3.42. The normalized spacial score (nSPS) is 14.8. The molecular formula is C21H26F2N4O3. The Balaban J connectivity index is 1.59. The van der Waals surface area contributed by atoms with Crippen LogP contribution in [-0.2, 0) is 6.54 Å². The second-order valence-corrected chi connectivity index (χ2v) is 6.73. The molecule has 162 valence electrons. The molecule has 2 aromatic rings. The van der Waals surface area contributed by atoms with E-state index in [0.717, 1.165) is 43.4 Å². The molecule has 0 radical (unpaired) electrons. The van der Waals surface area contributed by atoms with Crippen molar-refractivity contribution in [1.29, 1.82) is 0 Å². The topological polar surface area (TPSA) is 69.6 Å². The van der Waals surface area contributed by atoms with Crippen LogP contribution in [0.25, 0.3) is 0 Å². The van der Waals surface area contributed by atoms with Gasteiger partial charge in [0.25, 0.3) is 0 Å². The monoisotopic (exact) mass is 420 g/mol. The minimum absolute atomic E-state index is 0.00179. The van der Waals surface area contributed by atoms with Crippen LogP contribution in [0.15, 0.2) is 47.5 Å². The van der Waals surface area contributed by atoms with Crippen LogP contribution in [0, 0.1) is 0 Å². The first-order valence-electron chi connectivity index (χ1n) is 9.62. The molecule has 1 aliphatic heterocycles. The molecule has 0 aromatic heterocycles. The van der Waals surface area contributed by atoms with E-state index in [9.17, 15) is 13.9 Å². The highest BCUT2D eigenvalue weighted by Crippen LogP contribution is 2.30. The van der Waals surface area contributed by atoms with Gasteiger partial charge in [-0.25, -0.2) is 0 Å². The lowest BCUT2D eigenvalue weighted by Gasteiger charge is -2.37. The second kappa shape index (κ2) is 10.00. The zero-order valence-electron chi connectivity index (χ0n) is 17.0. The lowest BCUT2D eigenvalue weighted by molar-refractivity contribution is -0.0512. The molecule has 3 rings (SSSR count). The van der Waals surface area contributed by atoms with Crippen LogP contribution < -0.4 is 19.7 Å². The number of ether oxygens (including phenoxy) is 2. The van der Waals surface area contributed by atoms with Crippen molar-refractivity contribution in [2.45, 2.75) is 13.2 Å². The smallest absolute Gasteiger partial charge is 0.387 e. The number of nitrogens with one attached hydrogen (secondary N) is 1. The molecule has 1 fully saturated rings. The summed E-state index contributed by atoms with van der Waals surface area (Å²) in [7, 11) is 3.11. The number of guanidine groups is 1. The van der Waals surface area contributed by atoms with Crippen molar-refractivity contribution in [3.8, 4) is 17.2 Å². The third-order valence-corrected chi connectivity index (χ3v) is 4.91. The van der Waals surface area contributed by atoms with Gasteiger partial charge in [0.1, 0.15) is 5.75 Å². The number of benzene rings is 2. The van der Waals surface area contributed by atoms with Gasteiger partial charge in [0.15, 0.2) is 17.5 Å². The molecule has 0 spiro atoms. The number of aromatic hydroxyl groups is 1. The Morgan fingerprint density at radius 1 is 1.13 bits per heavy atom. The highest BCUT2D eigenvalue weighted by atomic mass is 19.3. The molecule has 7 nitrogen and oxygen atoms in total. The standard InChI is InChI=1S/C21H26F2N4O3/c1-24-21(25-14-15-7-8-18(29-2)19(13-15)30-20(22)23)27-11-9-26(10-12-27)16-5-3-4-6-17(16)28/h3-8,13,20,28H,9-12,14H2,1-2H3,(H,24,25). The van der Waals surface area contributed by atoms with Crippen molar-refractivity contribution in [3.63, 3.8) is 0 Å². The van der Waals surface area contributed by atoms with Crippen LogP contribution in [-0.4, -0.2) is 62.9 Å². The highest BCUT2D eigenvalue weighted by Gasteiger charge is 2.21. The summed E-state index contributed by atoms with van der Waals surface area (Å²) in [4.78, 5) is 8.59. The Labute approximate surface area is 174 Å². The first kappa shape index (κ1) is 21.5. The van der Waals surface area contributed by atoms with Crippen LogP contribution in [0.5, 0.6) is 17.2 Å². The zero-order valence-corrected chi connectivity index (χ0v) is 17.0. The van der Waals surface area contributed by atoms with Gasteiger partial charge in [0.2, 0.25) is 0 Å². The molecule has 0 aliphatic carbocycles. The molecule has 1 heterocycles. The molecular weight excluding hydrogens is 394 g/mol. The third kappa shape index (κ3) is 5.22. The maximum atomic E-state index is 12.6. The molecule has 0 saturated carbocycles. The van der Waals surface area contributed by atoms with Crippen LogP contribution in [0.1, 0.15) is 5.56 Å². The summed E-state index contributed by atoms with van der Waals surface area (Å²) in [5, 5.41) is 13.3. The van der Waals surface area contributed by atoms with Gasteiger partial charge in [0, 0.05) is 39.8 Å². The lowest BCUT2D eigenvalue weighted by Crippen LogP contribution is -2.52. The van der Waals surface area contributed by atoms with E-state index in [4.69, 9.17) is 4.74 Å². The molecule has 2 aromatic carbocycles. The average molecular weight is 420 g/mol. The van der Waals surface area contributed by atoms with Gasteiger partial charge >= 0.3 is 6.61 Å². The summed E-state index contributed by atoms with van der Waals surface area (Å²) >= 11 is 0. The van der Waals surface area contributed by atoms with Gasteiger partial charge in [0.05, 0.1) is 12.8 Å². The van der Waals surface area contributed by atoms with Gasteiger partial charge < -0.3 is 29.7 Å². The number of para-hydroxylation sites is 2. The maximum Gasteiger partial charge on any atom is 0.387 e. The van der Waals surface area contributed by atoms with Crippen molar-refractivity contribution in [2.75, 3.05) is 45.2 Å². The number of phenols is 1. The van der Waals surface area contributed by atoms with Gasteiger partial charge in [-0.3, -0.25) is 4.99 Å². The summed E-state index contributed by atoms with van der Waals surface area (Å²) in [5.41, 5.74) is 1.59. The molecule has 1 aliphatic rings. The van der Waals surface area contributed by atoms with Gasteiger partial charge in [-0.05, 0) is 29.8 Å². The molecule has 2 N–H and O–H groups in total. The van der Waals surface area contributed by atoms with E-state index in [-0.39, 0.29) is 17.2 Å². The number of piperazine rings is 1. The summed E-state index contributed by atoms with van der Waals surface area (Å²) in [5.74, 6) is 1.25. The molecule has 0 atom stereocenters. The van der Waals surface area contributed by atoms with Crippen LogP contribution >= 0.6 is 0 Å². The predicted octanol–water partition coefficient (Wildman–Crippen LogP) is 2.90. The van der Waals surface area contributed by atoms with Crippen molar-refractivity contribution in [1.82, 2.24) is 10.2 Å². The van der Waals surface area contributed by atoms with E-state index in [1.54, 1.807) is 31.3 Å². The molecule has 30 heavy (non-hydrogen) atoms. The number of aliphatic imine (C=N–C) groups is 1. The maximum absolute atomic E-state index is 12.6. The summed E-state index contributed by atoms with van der Waals surface area (Å²) in [6.45, 7) is 0.429. The van der Waals surface area contributed by atoms with E-state index >= 15 is 0 Å². The van der Waals surface area contributed by atoms with E-state index in [2.05, 4.69) is 24.8 Å². The van der Waals surface area contributed by atoms with E-state index < -0.39 is 6.61 Å². The Bertz CT molecular complexity index is 871. The highest BCUT2D eigenvalue weighted by molar-refractivity contribution is 5.80. The predicted molar refractivity (Wildman–Crippen MR) is 112 cm³/mol. The molecule has 0 unspecified atom stereocenters. The fraction of sp³-hybridized carbons (Fsp3) is 0.381. The Kier molecular flexibility index (Phi) is 7.16. The second-order valence-electron chi connectivity index (χ2n) is 6.73. The van der Waals surface area contributed by atoms with Crippen molar-refractivity contribution >= 4 is 11.6 Å². The minimum Gasteiger partial charge on any atom is -0.506 e. The lowest BCUT2D eigenvalue weighted by atomic mass is 10.2.